The predicted molar refractivity (Wildman–Crippen MR) is 90.1 cm³/mol. The number of amides is 2. The molecular weight excluding hydrogens is 327 g/mol. The molecule has 0 fully saturated rings. The van der Waals surface area contributed by atoms with Crippen molar-refractivity contribution in [3.8, 4) is 5.69 Å². The van der Waals surface area contributed by atoms with Crippen LogP contribution in [0.3, 0.4) is 0 Å². The number of hydrogen-bond donors (Lipinski definition) is 2. The predicted octanol–water partition coefficient (Wildman–Crippen LogP) is 1.07. The van der Waals surface area contributed by atoms with E-state index in [0.717, 1.165) is 0 Å². The van der Waals surface area contributed by atoms with Gasteiger partial charge in [0.2, 0.25) is 5.91 Å². The Balaban J connectivity index is 2.05. The number of rotatable bonds is 8. The lowest BCUT2D eigenvalue weighted by atomic mass is 10.2. The molecule has 25 heavy (non-hydrogen) atoms. The van der Waals surface area contributed by atoms with E-state index in [2.05, 4.69) is 15.7 Å². The van der Waals surface area contributed by atoms with Crippen molar-refractivity contribution < 1.29 is 18.7 Å². The normalized spacial score (nSPS) is 10.5. The fourth-order valence-electron chi connectivity index (χ4n) is 2.32. The SMILES string of the molecule is CCc1c(C(=O)NCC(=O)NCCOC)cnn1-c1ccc(F)cc1. The monoisotopic (exact) mass is 348 g/mol. The summed E-state index contributed by atoms with van der Waals surface area (Å²) in [5.41, 5.74) is 1.73. The van der Waals surface area contributed by atoms with E-state index in [1.54, 1.807) is 23.9 Å². The van der Waals surface area contributed by atoms with Gasteiger partial charge in [-0.15, -0.1) is 0 Å². The quantitative estimate of drug-likeness (QED) is 0.699. The molecule has 2 N–H and O–H groups in total. The van der Waals surface area contributed by atoms with Crippen molar-refractivity contribution in [2.24, 2.45) is 0 Å². The third kappa shape index (κ3) is 4.87. The van der Waals surface area contributed by atoms with Crippen LogP contribution in [0.4, 0.5) is 4.39 Å². The first-order chi connectivity index (χ1) is 12.1. The molecule has 1 aromatic carbocycles. The maximum atomic E-state index is 13.1. The van der Waals surface area contributed by atoms with E-state index < -0.39 is 0 Å². The van der Waals surface area contributed by atoms with Crippen LogP contribution in [0, 0.1) is 5.82 Å². The van der Waals surface area contributed by atoms with Gasteiger partial charge in [0, 0.05) is 13.7 Å². The van der Waals surface area contributed by atoms with Crippen LogP contribution < -0.4 is 10.6 Å². The molecule has 0 unspecified atom stereocenters. The third-order valence-corrected chi connectivity index (χ3v) is 3.56. The van der Waals surface area contributed by atoms with Crippen molar-refractivity contribution in [2.75, 3.05) is 26.8 Å². The average Bonchev–Trinajstić information content (AvgIpc) is 3.04. The molecule has 8 heteroatoms. The molecular formula is C17H21FN4O3. The Morgan fingerprint density at radius 2 is 1.96 bits per heavy atom. The summed E-state index contributed by atoms with van der Waals surface area (Å²) in [6.07, 6.45) is 2.00. The van der Waals surface area contributed by atoms with E-state index in [1.165, 1.54) is 18.3 Å². The van der Waals surface area contributed by atoms with E-state index in [9.17, 15) is 14.0 Å². The number of nitrogens with zero attached hydrogens (tertiary/aromatic N) is 2. The minimum Gasteiger partial charge on any atom is -0.383 e. The van der Waals surface area contributed by atoms with E-state index in [4.69, 9.17) is 4.74 Å². The highest BCUT2D eigenvalue weighted by Gasteiger charge is 2.17. The summed E-state index contributed by atoms with van der Waals surface area (Å²) >= 11 is 0. The highest BCUT2D eigenvalue weighted by atomic mass is 19.1. The first kappa shape index (κ1) is 18.6. The standard InChI is InChI=1S/C17H21FN4O3/c1-3-15-14(17(24)20-11-16(23)19-8-9-25-2)10-21-22(15)13-6-4-12(18)5-7-13/h4-7,10H,3,8-9,11H2,1-2H3,(H,19,23)(H,20,24). The van der Waals surface area contributed by atoms with Gasteiger partial charge in [-0.2, -0.15) is 5.10 Å². The van der Waals surface area contributed by atoms with Gasteiger partial charge >= 0.3 is 0 Å². The topological polar surface area (TPSA) is 85.2 Å². The van der Waals surface area contributed by atoms with Gasteiger partial charge in [0.25, 0.3) is 5.91 Å². The van der Waals surface area contributed by atoms with E-state index >= 15 is 0 Å². The molecule has 0 spiro atoms. The second-order valence-corrected chi connectivity index (χ2v) is 5.27. The molecule has 134 valence electrons. The zero-order chi connectivity index (χ0) is 18.2. The summed E-state index contributed by atoms with van der Waals surface area (Å²) in [6.45, 7) is 2.55. The smallest absolute Gasteiger partial charge is 0.255 e. The molecule has 1 aromatic heterocycles. The number of nitrogens with one attached hydrogen (secondary N) is 2. The minimum atomic E-state index is -0.382. The van der Waals surface area contributed by atoms with Gasteiger partial charge in [0.05, 0.1) is 36.3 Å². The van der Waals surface area contributed by atoms with Crippen LogP contribution in [-0.4, -0.2) is 48.4 Å². The van der Waals surface area contributed by atoms with Crippen LogP contribution in [0.25, 0.3) is 5.69 Å². The maximum absolute atomic E-state index is 13.1. The fourth-order valence-corrected chi connectivity index (χ4v) is 2.32. The van der Waals surface area contributed by atoms with Crippen LogP contribution in [0.1, 0.15) is 23.0 Å². The Bertz CT molecular complexity index is 728. The van der Waals surface area contributed by atoms with Crippen molar-refractivity contribution in [3.63, 3.8) is 0 Å². The molecule has 2 rings (SSSR count). The number of benzene rings is 1. The van der Waals surface area contributed by atoms with Crippen LogP contribution >= 0.6 is 0 Å². The van der Waals surface area contributed by atoms with Crippen molar-refractivity contribution in [3.05, 3.63) is 47.5 Å². The second-order valence-electron chi connectivity index (χ2n) is 5.27. The zero-order valence-electron chi connectivity index (χ0n) is 14.2. The molecule has 0 atom stereocenters. The molecule has 0 saturated carbocycles. The number of methoxy groups -OCH3 is 1. The number of hydrogen-bond acceptors (Lipinski definition) is 4. The number of aromatic nitrogens is 2. The Labute approximate surface area is 145 Å². The van der Waals surface area contributed by atoms with Crippen molar-refractivity contribution in [1.29, 1.82) is 0 Å². The molecule has 7 nitrogen and oxygen atoms in total. The van der Waals surface area contributed by atoms with Gasteiger partial charge in [0.1, 0.15) is 5.82 Å². The Morgan fingerprint density at radius 3 is 2.60 bits per heavy atom. The summed E-state index contributed by atoms with van der Waals surface area (Å²) in [5.74, 6) is -1.02. The molecule has 0 aliphatic rings. The maximum Gasteiger partial charge on any atom is 0.255 e. The Kier molecular flexibility index (Phi) is 6.64. The summed E-state index contributed by atoms with van der Waals surface area (Å²) in [7, 11) is 1.54. The molecule has 1 heterocycles. The van der Waals surface area contributed by atoms with E-state index in [0.29, 0.717) is 36.5 Å². The van der Waals surface area contributed by atoms with Crippen LogP contribution in [0.2, 0.25) is 0 Å². The number of ether oxygens (including phenoxy) is 1. The second kappa shape index (κ2) is 8.93. The highest BCUT2D eigenvalue weighted by molar-refractivity contribution is 5.97. The van der Waals surface area contributed by atoms with Crippen LogP contribution in [0.5, 0.6) is 0 Å². The molecule has 0 radical (unpaired) electrons. The first-order valence-corrected chi connectivity index (χ1v) is 7.93. The lowest BCUT2D eigenvalue weighted by Gasteiger charge is -2.09. The van der Waals surface area contributed by atoms with Crippen molar-refractivity contribution in [2.45, 2.75) is 13.3 Å². The van der Waals surface area contributed by atoms with E-state index in [1.807, 2.05) is 6.92 Å². The first-order valence-electron chi connectivity index (χ1n) is 7.93. The highest BCUT2D eigenvalue weighted by Crippen LogP contribution is 2.16. The Morgan fingerprint density at radius 1 is 1.24 bits per heavy atom. The van der Waals surface area contributed by atoms with Crippen LogP contribution in [-0.2, 0) is 16.0 Å². The van der Waals surface area contributed by atoms with Gasteiger partial charge in [-0.05, 0) is 30.7 Å². The minimum absolute atomic E-state index is 0.132. The van der Waals surface area contributed by atoms with Gasteiger partial charge in [-0.25, -0.2) is 9.07 Å². The largest absolute Gasteiger partial charge is 0.383 e. The van der Waals surface area contributed by atoms with Gasteiger partial charge in [0.15, 0.2) is 0 Å². The average molecular weight is 348 g/mol. The molecule has 0 saturated heterocycles. The Hall–Kier alpha value is -2.74. The molecule has 0 aliphatic carbocycles. The number of halogens is 1. The number of carbonyl (C=O) groups is 2. The summed E-state index contributed by atoms with van der Waals surface area (Å²) in [6, 6.07) is 5.85. The van der Waals surface area contributed by atoms with Gasteiger partial charge in [-0.3, -0.25) is 9.59 Å². The summed E-state index contributed by atoms with van der Waals surface area (Å²) in [5, 5.41) is 9.40. The zero-order valence-corrected chi connectivity index (χ0v) is 14.2. The molecule has 0 bridgehead atoms. The van der Waals surface area contributed by atoms with Crippen molar-refractivity contribution in [1.82, 2.24) is 20.4 Å². The summed E-state index contributed by atoms with van der Waals surface area (Å²) in [4.78, 5) is 24.0. The lowest BCUT2D eigenvalue weighted by molar-refractivity contribution is -0.120. The van der Waals surface area contributed by atoms with Gasteiger partial charge < -0.3 is 15.4 Å². The third-order valence-electron chi connectivity index (χ3n) is 3.56. The summed E-state index contributed by atoms with van der Waals surface area (Å²) < 4.78 is 19.5. The molecule has 2 aromatic rings. The lowest BCUT2D eigenvalue weighted by Crippen LogP contribution is -2.38. The van der Waals surface area contributed by atoms with Crippen LogP contribution in [0.15, 0.2) is 30.5 Å². The molecule has 0 aliphatic heterocycles. The molecule has 2 amide bonds. The number of carbonyl (C=O) groups excluding carboxylic acids is 2. The van der Waals surface area contributed by atoms with Crippen molar-refractivity contribution >= 4 is 11.8 Å². The van der Waals surface area contributed by atoms with E-state index in [-0.39, 0.29) is 24.2 Å². The van der Waals surface area contributed by atoms with Gasteiger partial charge in [-0.1, -0.05) is 6.92 Å². The fraction of sp³-hybridized carbons (Fsp3) is 0.353.